The van der Waals surface area contributed by atoms with Gasteiger partial charge in [-0.05, 0) is 12.5 Å². The fourth-order valence-corrected chi connectivity index (χ4v) is 2.03. The number of aromatic nitrogens is 1. The van der Waals surface area contributed by atoms with Gasteiger partial charge in [0.15, 0.2) is 0 Å². The van der Waals surface area contributed by atoms with Gasteiger partial charge in [-0.2, -0.15) is 0 Å². The maximum absolute atomic E-state index is 11.0. The van der Waals surface area contributed by atoms with Crippen LogP contribution in [0.1, 0.15) is 30.6 Å². The predicted molar refractivity (Wildman–Crippen MR) is 63.0 cm³/mol. The normalized spacial score (nSPS) is 26.1. The first-order chi connectivity index (χ1) is 7.93. The number of hydrogen-bond acceptors (Lipinski definition) is 4. The summed E-state index contributed by atoms with van der Waals surface area (Å²) in [5, 5.41) is 21.8. The number of rotatable bonds is 3. The van der Waals surface area contributed by atoms with Crippen molar-refractivity contribution in [3.63, 3.8) is 0 Å². The smallest absolute Gasteiger partial charge is 0.337 e. The Morgan fingerprint density at radius 1 is 1.59 bits per heavy atom. The zero-order chi connectivity index (χ0) is 12.6. The fraction of sp³-hybridized carbons (Fsp3) is 0.500. The van der Waals surface area contributed by atoms with Crippen molar-refractivity contribution in [1.29, 1.82) is 0 Å². The molecular formula is C12H16N2O3. The highest BCUT2D eigenvalue weighted by Gasteiger charge is 2.47. The Kier molecular flexibility index (Phi) is 2.79. The zero-order valence-corrected chi connectivity index (χ0v) is 9.84. The molecule has 92 valence electrons. The number of pyridine rings is 1. The van der Waals surface area contributed by atoms with E-state index in [1.54, 1.807) is 0 Å². The van der Waals surface area contributed by atoms with Crippen LogP contribution in [-0.4, -0.2) is 33.3 Å². The monoisotopic (exact) mass is 236 g/mol. The Morgan fingerprint density at radius 2 is 2.29 bits per heavy atom. The molecular weight excluding hydrogens is 220 g/mol. The van der Waals surface area contributed by atoms with Crippen molar-refractivity contribution >= 4 is 11.7 Å². The van der Waals surface area contributed by atoms with Crippen LogP contribution in [0.15, 0.2) is 18.5 Å². The molecule has 0 amide bonds. The highest BCUT2D eigenvalue weighted by Crippen LogP contribution is 2.42. The summed E-state index contributed by atoms with van der Waals surface area (Å²) in [5.41, 5.74) is 0.466. The summed E-state index contributed by atoms with van der Waals surface area (Å²) in [6.07, 6.45) is 3.24. The first-order valence-corrected chi connectivity index (χ1v) is 5.55. The molecule has 0 bridgehead atoms. The standard InChI is InChI=1S/C12H16N2O3/c1-12(2)9(5-10(12)15)14-8-6-13-4-3-7(8)11(16)17/h3-4,6,9-10,14-15H,5H2,1-2H3,(H,16,17). The van der Waals surface area contributed by atoms with Gasteiger partial charge in [-0.1, -0.05) is 13.8 Å². The minimum absolute atomic E-state index is 0.0693. The predicted octanol–water partition coefficient (Wildman–Crippen LogP) is 1.35. The Balaban J connectivity index is 2.18. The number of carbonyl (C=O) groups is 1. The maximum atomic E-state index is 11.0. The number of hydrogen-bond donors (Lipinski definition) is 3. The minimum atomic E-state index is -0.979. The molecule has 1 aliphatic carbocycles. The molecule has 0 aromatic carbocycles. The number of aromatic carboxylic acids is 1. The number of nitrogens with one attached hydrogen (secondary N) is 1. The lowest BCUT2D eigenvalue weighted by Gasteiger charge is -2.49. The summed E-state index contributed by atoms with van der Waals surface area (Å²) in [6, 6.07) is 1.53. The second kappa shape index (κ2) is 4.00. The van der Waals surface area contributed by atoms with E-state index in [9.17, 15) is 9.90 Å². The second-order valence-corrected chi connectivity index (χ2v) is 5.00. The molecule has 1 fully saturated rings. The van der Waals surface area contributed by atoms with E-state index in [-0.39, 0.29) is 23.1 Å². The van der Waals surface area contributed by atoms with Crippen LogP contribution in [0.4, 0.5) is 5.69 Å². The summed E-state index contributed by atoms with van der Waals surface area (Å²) in [6.45, 7) is 3.91. The molecule has 1 aliphatic rings. The van der Waals surface area contributed by atoms with E-state index in [1.165, 1.54) is 18.5 Å². The third kappa shape index (κ3) is 1.98. The van der Waals surface area contributed by atoms with Gasteiger partial charge in [-0.25, -0.2) is 4.79 Å². The van der Waals surface area contributed by atoms with Crippen molar-refractivity contribution in [2.24, 2.45) is 5.41 Å². The van der Waals surface area contributed by atoms with Gasteiger partial charge in [0.2, 0.25) is 0 Å². The van der Waals surface area contributed by atoms with Gasteiger partial charge in [-0.3, -0.25) is 4.98 Å². The lowest BCUT2D eigenvalue weighted by atomic mass is 9.64. The van der Waals surface area contributed by atoms with E-state index in [0.717, 1.165) is 0 Å². The summed E-state index contributed by atoms with van der Waals surface area (Å²) < 4.78 is 0. The van der Waals surface area contributed by atoms with Crippen molar-refractivity contribution in [3.05, 3.63) is 24.0 Å². The van der Waals surface area contributed by atoms with Crippen molar-refractivity contribution < 1.29 is 15.0 Å². The van der Waals surface area contributed by atoms with Crippen molar-refractivity contribution in [1.82, 2.24) is 4.98 Å². The van der Waals surface area contributed by atoms with Gasteiger partial charge in [0.25, 0.3) is 0 Å². The SMILES string of the molecule is CC1(C)C(O)CC1Nc1cnccc1C(=O)O. The molecule has 3 N–H and O–H groups in total. The average Bonchev–Trinajstić information content (AvgIpc) is 2.29. The topological polar surface area (TPSA) is 82.5 Å². The maximum Gasteiger partial charge on any atom is 0.337 e. The third-order valence-corrected chi connectivity index (χ3v) is 3.60. The molecule has 1 aromatic rings. The summed E-state index contributed by atoms with van der Waals surface area (Å²) >= 11 is 0. The van der Waals surface area contributed by atoms with Gasteiger partial charge in [0.05, 0.1) is 23.6 Å². The highest BCUT2D eigenvalue weighted by molar-refractivity contribution is 5.93. The molecule has 1 saturated carbocycles. The van der Waals surface area contributed by atoms with E-state index in [0.29, 0.717) is 12.1 Å². The lowest BCUT2D eigenvalue weighted by molar-refractivity contribution is -0.0510. The zero-order valence-electron chi connectivity index (χ0n) is 9.84. The number of aliphatic hydroxyl groups is 1. The van der Waals surface area contributed by atoms with E-state index < -0.39 is 5.97 Å². The molecule has 0 radical (unpaired) electrons. The molecule has 17 heavy (non-hydrogen) atoms. The van der Waals surface area contributed by atoms with E-state index in [2.05, 4.69) is 10.3 Å². The van der Waals surface area contributed by atoms with E-state index in [1.807, 2.05) is 13.8 Å². The number of nitrogens with zero attached hydrogens (tertiary/aromatic N) is 1. The molecule has 0 saturated heterocycles. The van der Waals surface area contributed by atoms with E-state index >= 15 is 0 Å². The third-order valence-electron chi connectivity index (χ3n) is 3.60. The Labute approximate surface area is 99.5 Å². The molecule has 2 unspecified atom stereocenters. The van der Waals surface area contributed by atoms with Crippen molar-refractivity contribution in [3.8, 4) is 0 Å². The molecule has 2 atom stereocenters. The molecule has 0 spiro atoms. The first-order valence-electron chi connectivity index (χ1n) is 5.55. The molecule has 5 heteroatoms. The van der Waals surface area contributed by atoms with Crippen molar-refractivity contribution in [2.75, 3.05) is 5.32 Å². The van der Waals surface area contributed by atoms with Crippen LogP contribution in [0.5, 0.6) is 0 Å². The van der Waals surface area contributed by atoms with Crippen LogP contribution in [0, 0.1) is 5.41 Å². The molecule has 0 aliphatic heterocycles. The van der Waals surface area contributed by atoms with Crippen LogP contribution in [-0.2, 0) is 0 Å². The van der Waals surface area contributed by atoms with Crippen LogP contribution >= 0.6 is 0 Å². The van der Waals surface area contributed by atoms with Gasteiger partial charge in [-0.15, -0.1) is 0 Å². The van der Waals surface area contributed by atoms with Crippen LogP contribution < -0.4 is 5.32 Å². The van der Waals surface area contributed by atoms with Gasteiger partial charge >= 0.3 is 5.97 Å². The molecule has 5 nitrogen and oxygen atoms in total. The van der Waals surface area contributed by atoms with Crippen molar-refractivity contribution in [2.45, 2.75) is 32.4 Å². The van der Waals surface area contributed by atoms with Crippen LogP contribution in [0.25, 0.3) is 0 Å². The number of aliphatic hydroxyl groups excluding tert-OH is 1. The molecule has 1 heterocycles. The number of anilines is 1. The first kappa shape index (κ1) is 11.9. The quantitative estimate of drug-likeness (QED) is 0.738. The van der Waals surface area contributed by atoms with Gasteiger partial charge < -0.3 is 15.5 Å². The van der Waals surface area contributed by atoms with Crippen LogP contribution in [0.2, 0.25) is 0 Å². The number of carboxylic acids is 1. The average molecular weight is 236 g/mol. The Morgan fingerprint density at radius 3 is 2.82 bits per heavy atom. The van der Waals surface area contributed by atoms with Gasteiger partial charge in [0, 0.05) is 17.7 Å². The Bertz CT molecular complexity index is 445. The fourth-order valence-electron chi connectivity index (χ4n) is 2.03. The second-order valence-electron chi connectivity index (χ2n) is 5.00. The summed E-state index contributed by atoms with van der Waals surface area (Å²) in [5.74, 6) is -0.979. The molecule has 2 rings (SSSR count). The van der Waals surface area contributed by atoms with Crippen LogP contribution in [0.3, 0.4) is 0 Å². The minimum Gasteiger partial charge on any atom is -0.478 e. The largest absolute Gasteiger partial charge is 0.478 e. The van der Waals surface area contributed by atoms with Gasteiger partial charge in [0.1, 0.15) is 0 Å². The Hall–Kier alpha value is -1.62. The lowest BCUT2D eigenvalue weighted by Crippen LogP contribution is -2.57. The number of carboxylic acid groups (broad SMARTS) is 1. The highest BCUT2D eigenvalue weighted by atomic mass is 16.4. The van der Waals surface area contributed by atoms with E-state index in [4.69, 9.17) is 5.11 Å². The molecule has 1 aromatic heterocycles. The summed E-state index contributed by atoms with van der Waals surface area (Å²) in [4.78, 5) is 14.9. The summed E-state index contributed by atoms with van der Waals surface area (Å²) in [7, 11) is 0.